The maximum Gasteiger partial charge on any atom is 0.317 e. The van der Waals surface area contributed by atoms with Gasteiger partial charge in [0.15, 0.2) is 5.82 Å². The minimum atomic E-state index is -0.201. The summed E-state index contributed by atoms with van der Waals surface area (Å²) in [6.07, 6.45) is 3.91. The van der Waals surface area contributed by atoms with Crippen LogP contribution in [0.3, 0.4) is 0 Å². The van der Waals surface area contributed by atoms with Gasteiger partial charge >= 0.3 is 6.03 Å². The van der Waals surface area contributed by atoms with Crippen molar-refractivity contribution in [3.05, 3.63) is 12.2 Å². The fourth-order valence-corrected chi connectivity index (χ4v) is 4.34. The molecule has 2 aliphatic heterocycles. The van der Waals surface area contributed by atoms with Crippen molar-refractivity contribution in [2.45, 2.75) is 44.1 Å². The van der Waals surface area contributed by atoms with Gasteiger partial charge in [-0.05, 0) is 32.4 Å². The minimum Gasteiger partial charge on any atom is -0.366 e. The van der Waals surface area contributed by atoms with Crippen LogP contribution in [0.5, 0.6) is 0 Å². The van der Waals surface area contributed by atoms with Gasteiger partial charge in [-0.25, -0.2) is 4.79 Å². The van der Waals surface area contributed by atoms with E-state index in [1.54, 1.807) is 6.33 Å². The summed E-state index contributed by atoms with van der Waals surface area (Å²) in [5, 5.41) is 11.2. The maximum atomic E-state index is 12.5. The quantitative estimate of drug-likeness (QED) is 0.903. The molecule has 7 nitrogen and oxygen atoms in total. The first kappa shape index (κ1) is 16.6. The average Bonchev–Trinajstić information content (AvgIpc) is 3.22. The highest BCUT2D eigenvalue weighted by atomic mass is 32.2. The van der Waals surface area contributed by atoms with Crippen LogP contribution in [0, 0.1) is 0 Å². The van der Waals surface area contributed by atoms with Crippen molar-refractivity contribution in [1.82, 2.24) is 25.0 Å². The van der Waals surface area contributed by atoms with E-state index in [0.29, 0.717) is 19.7 Å². The Balaban J connectivity index is 1.56. The number of thioether (sulfide) groups is 1. The number of rotatable bonds is 4. The van der Waals surface area contributed by atoms with Crippen molar-refractivity contribution < 1.29 is 9.53 Å². The lowest BCUT2D eigenvalue weighted by Gasteiger charge is -2.33. The molecule has 0 radical (unpaired) electrons. The SMILES string of the molecule is CCn1cnnc1[C@H]1CN(C(=O)NC[C@]2(C)CCCS2)CCO1. The standard InChI is InChI=1S/C15H25N5O2S/c1-3-19-11-17-18-13(19)12-9-20(6-7-22-12)14(21)16-10-15(2)5-4-8-23-15/h11-12H,3-10H2,1-2H3,(H,16,21)/t12-,15+/m1/s1. The number of hydrogen-bond donors (Lipinski definition) is 1. The molecule has 0 spiro atoms. The van der Waals surface area contributed by atoms with Gasteiger partial charge in [0.1, 0.15) is 12.4 Å². The molecule has 2 saturated heterocycles. The highest BCUT2D eigenvalue weighted by Gasteiger charge is 2.32. The Bertz CT molecular complexity index is 544. The number of urea groups is 1. The smallest absolute Gasteiger partial charge is 0.317 e. The van der Waals surface area contributed by atoms with Gasteiger partial charge in [-0.15, -0.1) is 10.2 Å². The Labute approximate surface area is 141 Å². The number of aromatic nitrogens is 3. The molecule has 0 saturated carbocycles. The lowest BCUT2D eigenvalue weighted by molar-refractivity contribution is -0.0218. The Morgan fingerprint density at radius 2 is 2.48 bits per heavy atom. The van der Waals surface area contributed by atoms with E-state index in [9.17, 15) is 4.79 Å². The zero-order valence-electron chi connectivity index (χ0n) is 13.8. The van der Waals surface area contributed by atoms with Crippen LogP contribution in [-0.4, -0.2) is 62.4 Å². The largest absolute Gasteiger partial charge is 0.366 e. The van der Waals surface area contributed by atoms with E-state index in [1.807, 2.05) is 28.2 Å². The number of aryl methyl sites for hydroxylation is 1. The molecule has 3 rings (SSSR count). The molecule has 2 aliphatic rings. The van der Waals surface area contributed by atoms with Crippen molar-refractivity contribution in [3.63, 3.8) is 0 Å². The van der Waals surface area contributed by atoms with Crippen LogP contribution in [0.25, 0.3) is 0 Å². The molecule has 0 bridgehead atoms. The molecule has 3 heterocycles. The Kier molecular flexibility index (Phi) is 5.11. The third-order valence-corrected chi connectivity index (χ3v) is 6.08. The van der Waals surface area contributed by atoms with Crippen molar-refractivity contribution in [1.29, 1.82) is 0 Å². The second-order valence-electron chi connectivity index (χ2n) is 6.34. The lowest BCUT2D eigenvalue weighted by atomic mass is 10.1. The zero-order valence-corrected chi connectivity index (χ0v) is 14.6. The fourth-order valence-electron chi connectivity index (χ4n) is 3.10. The number of hydrogen-bond acceptors (Lipinski definition) is 5. The van der Waals surface area contributed by atoms with E-state index in [4.69, 9.17) is 4.74 Å². The molecular formula is C15H25N5O2S. The lowest BCUT2D eigenvalue weighted by Crippen LogP contribution is -2.49. The van der Waals surface area contributed by atoms with Crippen LogP contribution < -0.4 is 5.32 Å². The molecule has 23 heavy (non-hydrogen) atoms. The summed E-state index contributed by atoms with van der Waals surface area (Å²) in [6, 6.07) is -0.00501. The molecule has 0 unspecified atom stereocenters. The van der Waals surface area contributed by atoms with E-state index < -0.39 is 0 Å². The highest BCUT2D eigenvalue weighted by molar-refractivity contribution is 8.00. The molecule has 2 amide bonds. The van der Waals surface area contributed by atoms with Crippen molar-refractivity contribution in [2.24, 2.45) is 0 Å². The monoisotopic (exact) mass is 339 g/mol. The second-order valence-corrected chi connectivity index (χ2v) is 8.02. The number of carbonyl (C=O) groups excluding carboxylic acids is 1. The predicted octanol–water partition coefficient (Wildman–Crippen LogP) is 1.67. The molecule has 8 heteroatoms. The topological polar surface area (TPSA) is 72.3 Å². The van der Waals surface area contributed by atoms with E-state index >= 15 is 0 Å². The van der Waals surface area contributed by atoms with Gasteiger partial charge in [-0.2, -0.15) is 11.8 Å². The van der Waals surface area contributed by atoms with Gasteiger partial charge in [0.2, 0.25) is 0 Å². The van der Waals surface area contributed by atoms with Crippen LogP contribution in [0.4, 0.5) is 4.79 Å². The first-order valence-corrected chi connectivity index (χ1v) is 9.26. The van der Waals surface area contributed by atoms with E-state index in [1.165, 1.54) is 18.6 Å². The van der Waals surface area contributed by atoms with Crippen LogP contribution in [0.1, 0.15) is 38.6 Å². The summed E-state index contributed by atoms with van der Waals surface area (Å²) in [6.45, 7) is 7.46. The normalized spacial score (nSPS) is 28.1. The summed E-state index contributed by atoms with van der Waals surface area (Å²) in [5.41, 5.74) is 0. The van der Waals surface area contributed by atoms with Gasteiger partial charge in [0.05, 0.1) is 13.2 Å². The van der Waals surface area contributed by atoms with Gasteiger partial charge in [0.25, 0.3) is 0 Å². The Morgan fingerprint density at radius 3 is 3.22 bits per heavy atom. The number of nitrogens with one attached hydrogen (secondary N) is 1. The molecule has 1 aromatic rings. The van der Waals surface area contributed by atoms with E-state index in [2.05, 4.69) is 22.4 Å². The first-order chi connectivity index (χ1) is 11.1. The molecular weight excluding hydrogens is 314 g/mol. The summed E-state index contributed by atoms with van der Waals surface area (Å²) < 4.78 is 7.94. The van der Waals surface area contributed by atoms with Gasteiger partial charge in [0, 0.05) is 24.4 Å². The number of amides is 2. The summed E-state index contributed by atoms with van der Waals surface area (Å²) >= 11 is 1.96. The number of nitrogens with zero attached hydrogens (tertiary/aromatic N) is 4. The Morgan fingerprint density at radius 1 is 1.61 bits per heavy atom. The highest BCUT2D eigenvalue weighted by Crippen LogP contribution is 2.37. The molecule has 1 N–H and O–H groups in total. The van der Waals surface area contributed by atoms with Crippen LogP contribution in [-0.2, 0) is 11.3 Å². The number of morpholine rings is 1. The third kappa shape index (κ3) is 3.80. The molecule has 0 aliphatic carbocycles. The summed E-state index contributed by atoms with van der Waals surface area (Å²) in [4.78, 5) is 14.3. The van der Waals surface area contributed by atoms with Crippen LogP contribution in [0.2, 0.25) is 0 Å². The second kappa shape index (κ2) is 7.09. The molecule has 2 atom stereocenters. The van der Waals surface area contributed by atoms with Gasteiger partial charge in [-0.1, -0.05) is 0 Å². The number of ether oxygens (including phenoxy) is 1. The zero-order chi connectivity index (χ0) is 16.3. The van der Waals surface area contributed by atoms with Crippen molar-refractivity contribution in [3.8, 4) is 0 Å². The van der Waals surface area contributed by atoms with Gasteiger partial charge < -0.3 is 19.5 Å². The maximum absolute atomic E-state index is 12.5. The first-order valence-electron chi connectivity index (χ1n) is 8.27. The number of carbonyl (C=O) groups is 1. The molecule has 0 aromatic carbocycles. The molecule has 128 valence electrons. The minimum absolute atomic E-state index is 0.00501. The molecule has 1 aromatic heterocycles. The molecule has 2 fully saturated rings. The van der Waals surface area contributed by atoms with Gasteiger partial charge in [-0.3, -0.25) is 0 Å². The average molecular weight is 339 g/mol. The van der Waals surface area contributed by atoms with Crippen molar-refractivity contribution >= 4 is 17.8 Å². The third-order valence-electron chi connectivity index (χ3n) is 4.54. The van der Waals surface area contributed by atoms with E-state index in [-0.39, 0.29) is 16.9 Å². The summed E-state index contributed by atoms with van der Waals surface area (Å²) in [7, 11) is 0. The fraction of sp³-hybridized carbons (Fsp3) is 0.800. The van der Waals surface area contributed by atoms with Crippen LogP contribution in [0.15, 0.2) is 6.33 Å². The van der Waals surface area contributed by atoms with Crippen molar-refractivity contribution in [2.75, 3.05) is 32.0 Å². The Hall–Kier alpha value is -1.28. The van der Waals surface area contributed by atoms with Crippen LogP contribution >= 0.6 is 11.8 Å². The van der Waals surface area contributed by atoms with E-state index in [0.717, 1.165) is 18.9 Å². The summed E-state index contributed by atoms with van der Waals surface area (Å²) in [5.74, 6) is 1.99. The predicted molar refractivity (Wildman–Crippen MR) is 89.5 cm³/mol.